The normalized spacial score (nSPS) is 10.5. The number of esters is 1. The van der Waals surface area contributed by atoms with E-state index in [1.807, 2.05) is 44.2 Å². The molecular formula is C23H25ClN4O4. The lowest BCUT2D eigenvalue weighted by molar-refractivity contribution is -0.384. The highest BCUT2D eigenvalue weighted by Crippen LogP contribution is 2.30. The third kappa shape index (κ3) is 5.46. The maximum Gasteiger partial charge on any atom is 0.342 e. The molecule has 0 radical (unpaired) electrons. The van der Waals surface area contributed by atoms with Crippen molar-refractivity contribution >= 4 is 24.1 Å². The molecule has 0 aliphatic carbocycles. The Bertz CT molecular complexity index is 1090. The van der Waals surface area contributed by atoms with Crippen molar-refractivity contribution < 1.29 is 14.5 Å². The molecule has 32 heavy (non-hydrogen) atoms. The quantitative estimate of drug-likeness (QED) is 0.273. The number of nitro groups is 1. The van der Waals surface area contributed by atoms with Crippen LogP contribution in [0.15, 0.2) is 54.6 Å². The summed E-state index contributed by atoms with van der Waals surface area (Å²) in [6, 6.07) is 15.5. The summed E-state index contributed by atoms with van der Waals surface area (Å²) in [6.45, 7) is 6.02. The first kappa shape index (κ1) is 24.9. The first-order chi connectivity index (χ1) is 15.0. The summed E-state index contributed by atoms with van der Waals surface area (Å²) in [6.07, 6.45) is 0. The molecular weight excluding hydrogens is 432 g/mol. The van der Waals surface area contributed by atoms with Crippen molar-refractivity contribution in [1.29, 1.82) is 0 Å². The molecule has 8 nitrogen and oxygen atoms in total. The highest BCUT2D eigenvalue weighted by Gasteiger charge is 2.25. The van der Waals surface area contributed by atoms with Gasteiger partial charge in [0.05, 0.1) is 23.4 Å². The summed E-state index contributed by atoms with van der Waals surface area (Å²) in [4.78, 5) is 35.1. The lowest BCUT2D eigenvalue weighted by Crippen LogP contribution is -2.25. The Kier molecular flexibility index (Phi) is 8.80. The molecule has 0 aliphatic rings. The van der Waals surface area contributed by atoms with Crippen molar-refractivity contribution in [1.82, 2.24) is 14.9 Å². The standard InChI is InChI=1S/C23H24N4O4.ClH/c1-4-26(5-2)15-19-20(23(28)31-3)21(17-12-9-13-18(14-17)27(29)30)25-22(24-19)16-10-7-6-8-11-16;/h6-14H,4-5,15H2,1-3H3;1H. The molecule has 2 aromatic carbocycles. The van der Waals surface area contributed by atoms with E-state index >= 15 is 0 Å². The molecule has 0 unspecified atom stereocenters. The maximum atomic E-state index is 12.8. The van der Waals surface area contributed by atoms with Crippen LogP contribution in [-0.4, -0.2) is 46.0 Å². The molecule has 0 N–H and O–H groups in total. The lowest BCUT2D eigenvalue weighted by atomic mass is 10.0. The number of halogens is 1. The largest absolute Gasteiger partial charge is 0.465 e. The summed E-state index contributed by atoms with van der Waals surface area (Å²) >= 11 is 0. The van der Waals surface area contributed by atoms with E-state index in [4.69, 9.17) is 9.72 Å². The Morgan fingerprint density at radius 1 is 1.03 bits per heavy atom. The van der Waals surface area contributed by atoms with Gasteiger partial charge >= 0.3 is 5.97 Å². The van der Waals surface area contributed by atoms with E-state index in [9.17, 15) is 14.9 Å². The smallest absolute Gasteiger partial charge is 0.342 e. The van der Waals surface area contributed by atoms with Gasteiger partial charge in [0.2, 0.25) is 0 Å². The molecule has 1 heterocycles. The fraction of sp³-hybridized carbons (Fsp3) is 0.261. The zero-order valence-electron chi connectivity index (χ0n) is 18.1. The van der Waals surface area contributed by atoms with E-state index in [1.165, 1.54) is 19.2 Å². The van der Waals surface area contributed by atoms with Gasteiger partial charge in [-0.3, -0.25) is 15.0 Å². The van der Waals surface area contributed by atoms with Gasteiger partial charge in [0, 0.05) is 29.8 Å². The minimum absolute atomic E-state index is 0. The minimum atomic E-state index is -0.580. The fourth-order valence-electron chi connectivity index (χ4n) is 3.29. The third-order valence-corrected chi connectivity index (χ3v) is 5.00. The van der Waals surface area contributed by atoms with E-state index in [0.717, 1.165) is 18.7 Å². The van der Waals surface area contributed by atoms with Gasteiger partial charge in [0.25, 0.3) is 5.69 Å². The summed E-state index contributed by atoms with van der Waals surface area (Å²) < 4.78 is 5.04. The van der Waals surface area contributed by atoms with Crippen LogP contribution in [0.4, 0.5) is 5.69 Å². The predicted octanol–water partition coefficient (Wildman–Crippen LogP) is 4.77. The number of rotatable bonds is 8. The second kappa shape index (κ2) is 11.3. The van der Waals surface area contributed by atoms with Gasteiger partial charge in [-0.25, -0.2) is 14.8 Å². The van der Waals surface area contributed by atoms with Crippen molar-refractivity contribution in [3.8, 4) is 22.6 Å². The SMILES string of the molecule is CCN(CC)Cc1nc(-c2ccccc2)nc(-c2cccc([N+](=O)[O-])c2)c1C(=O)OC.Cl. The molecule has 168 valence electrons. The van der Waals surface area contributed by atoms with E-state index in [-0.39, 0.29) is 23.7 Å². The van der Waals surface area contributed by atoms with E-state index in [1.54, 1.807) is 12.1 Å². The van der Waals surface area contributed by atoms with Crippen LogP contribution in [-0.2, 0) is 11.3 Å². The van der Waals surface area contributed by atoms with Gasteiger partial charge in [0.1, 0.15) is 5.56 Å². The van der Waals surface area contributed by atoms with Crippen molar-refractivity contribution in [2.24, 2.45) is 0 Å². The average molecular weight is 457 g/mol. The Hall–Kier alpha value is -3.36. The Labute approximate surface area is 192 Å². The van der Waals surface area contributed by atoms with Crippen LogP contribution in [0.2, 0.25) is 0 Å². The zero-order chi connectivity index (χ0) is 22.4. The molecule has 0 bridgehead atoms. The maximum absolute atomic E-state index is 12.8. The molecule has 0 saturated heterocycles. The Morgan fingerprint density at radius 3 is 2.28 bits per heavy atom. The van der Waals surface area contributed by atoms with Crippen molar-refractivity contribution in [2.75, 3.05) is 20.2 Å². The number of nitro benzene ring substituents is 1. The summed E-state index contributed by atoms with van der Waals surface area (Å²) in [5, 5.41) is 11.3. The van der Waals surface area contributed by atoms with Crippen molar-refractivity contribution in [3.05, 3.63) is 76.0 Å². The number of carbonyl (C=O) groups is 1. The second-order valence-corrected chi connectivity index (χ2v) is 6.84. The predicted molar refractivity (Wildman–Crippen MR) is 125 cm³/mol. The highest BCUT2D eigenvalue weighted by molar-refractivity contribution is 5.97. The molecule has 0 atom stereocenters. The number of hydrogen-bond donors (Lipinski definition) is 0. The Morgan fingerprint density at radius 2 is 1.69 bits per heavy atom. The van der Waals surface area contributed by atoms with Crippen LogP contribution in [0.3, 0.4) is 0 Å². The number of ether oxygens (including phenoxy) is 1. The summed E-state index contributed by atoms with van der Waals surface area (Å²) in [7, 11) is 1.30. The number of non-ortho nitro benzene ring substituents is 1. The van der Waals surface area contributed by atoms with Gasteiger partial charge in [-0.05, 0) is 13.1 Å². The number of benzene rings is 2. The molecule has 0 aliphatic heterocycles. The minimum Gasteiger partial charge on any atom is -0.465 e. The van der Waals surface area contributed by atoms with Crippen LogP contribution in [0.25, 0.3) is 22.6 Å². The van der Waals surface area contributed by atoms with Gasteiger partial charge in [-0.15, -0.1) is 12.4 Å². The van der Waals surface area contributed by atoms with Gasteiger partial charge in [-0.1, -0.05) is 56.3 Å². The molecule has 0 saturated carbocycles. The van der Waals surface area contributed by atoms with E-state index in [0.29, 0.717) is 29.3 Å². The van der Waals surface area contributed by atoms with Gasteiger partial charge < -0.3 is 4.74 Å². The fourth-order valence-corrected chi connectivity index (χ4v) is 3.29. The summed E-state index contributed by atoms with van der Waals surface area (Å²) in [5.41, 5.74) is 2.20. The molecule has 9 heteroatoms. The number of carbonyl (C=O) groups excluding carboxylic acids is 1. The first-order valence-electron chi connectivity index (χ1n) is 10.00. The van der Waals surface area contributed by atoms with Crippen LogP contribution in [0, 0.1) is 10.1 Å². The first-order valence-corrected chi connectivity index (χ1v) is 10.00. The van der Waals surface area contributed by atoms with Crippen molar-refractivity contribution in [2.45, 2.75) is 20.4 Å². The summed E-state index contributed by atoms with van der Waals surface area (Å²) in [5.74, 6) is -0.139. The molecule has 0 amide bonds. The molecule has 0 spiro atoms. The van der Waals surface area contributed by atoms with E-state index in [2.05, 4.69) is 9.88 Å². The number of nitrogens with zero attached hydrogens (tertiary/aromatic N) is 4. The molecule has 0 fully saturated rings. The number of aromatic nitrogens is 2. The topological polar surface area (TPSA) is 98.5 Å². The average Bonchev–Trinajstić information content (AvgIpc) is 2.82. The van der Waals surface area contributed by atoms with Crippen molar-refractivity contribution in [3.63, 3.8) is 0 Å². The van der Waals surface area contributed by atoms with E-state index < -0.39 is 10.9 Å². The van der Waals surface area contributed by atoms with Gasteiger partial charge in [0.15, 0.2) is 5.82 Å². The molecule has 3 aromatic rings. The van der Waals surface area contributed by atoms with Crippen LogP contribution < -0.4 is 0 Å². The lowest BCUT2D eigenvalue weighted by Gasteiger charge is -2.21. The number of hydrogen-bond acceptors (Lipinski definition) is 7. The van der Waals surface area contributed by atoms with Crippen LogP contribution in [0.5, 0.6) is 0 Å². The molecule has 1 aromatic heterocycles. The third-order valence-electron chi connectivity index (χ3n) is 5.00. The van der Waals surface area contributed by atoms with Crippen LogP contribution >= 0.6 is 12.4 Å². The van der Waals surface area contributed by atoms with Crippen LogP contribution in [0.1, 0.15) is 29.9 Å². The molecule has 3 rings (SSSR count). The second-order valence-electron chi connectivity index (χ2n) is 6.84. The highest BCUT2D eigenvalue weighted by atomic mass is 35.5. The zero-order valence-corrected chi connectivity index (χ0v) is 19.0. The number of methoxy groups -OCH3 is 1. The Balaban J connectivity index is 0.00000363. The monoisotopic (exact) mass is 456 g/mol. The van der Waals surface area contributed by atoms with Gasteiger partial charge in [-0.2, -0.15) is 0 Å².